The predicted molar refractivity (Wildman–Crippen MR) is 93.8 cm³/mol. The highest BCUT2D eigenvalue weighted by molar-refractivity contribution is 8.00. The number of hydrogen-bond donors (Lipinski definition) is 0. The molecule has 5 rings (SSSR count). The van der Waals surface area contributed by atoms with Crippen LogP contribution in [-0.2, 0) is 0 Å². The summed E-state index contributed by atoms with van der Waals surface area (Å²) in [5, 5.41) is 2.79. The minimum Gasteiger partial charge on any atom is -0.484 e. The van der Waals surface area contributed by atoms with Crippen molar-refractivity contribution in [3.05, 3.63) is 78.3 Å². The van der Waals surface area contributed by atoms with Crippen LogP contribution in [0.5, 0.6) is 5.75 Å². The van der Waals surface area contributed by atoms with Crippen LogP contribution in [0.1, 0.15) is 5.76 Å². The molecule has 2 heterocycles. The van der Waals surface area contributed by atoms with Crippen molar-refractivity contribution in [2.24, 2.45) is 0 Å². The highest BCUT2D eigenvalue weighted by atomic mass is 32.2. The van der Waals surface area contributed by atoms with E-state index in [0.717, 1.165) is 11.5 Å². The molecule has 0 amide bonds. The maximum absolute atomic E-state index is 6.23. The Kier molecular flexibility index (Phi) is 2.88. The van der Waals surface area contributed by atoms with E-state index in [2.05, 4.69) is 54.6 Å². The van der Waals surface area contributed by atoms with E-state index in [0.29, 0.717) is 0 Å². The van der Waals surface area contributed by atoms with E-state index >= 15 is 0 Å². The van der Waals surface area contributed by atoms with Gasteiger partial charge in [0.2, 0.25) is 0 Å². The van der Waals surface area contributed by atoms with Crippen LogP contribution in [0.15, 0.2) is 81.8 Å². The molecule has 2 aromatic carbocycles. The van der Waals surface area contributed by atoms with Crippen molar-refractivity contribution in [3.8, 4) is 5.75 Å². The highest BCUT2D eigenvalue weighted by Crippen LogP contribution is 2.48. The van der Waals surface area contributed by atoms with Gasteiger partial charge in [-0.2, -0.15) is 0 Å². The third kappa shape index (κ3) is 2.12. The minimum atomic E-state index is 0.0925. The van der Waals surface area contributed by atoms with Crippen LogP contribution in [0.3, 0.4) is 0 Å². The predicted octanol–water partition coefficient (Wildman–Crippen LogP) is 5.31. The van der Waals surface area contributed by atoms with Gasteiger partial charge in [-0.3, -0.25) is 0 Å². The number of allylic oxidation sites excluding steroid dienone is 1. The van der Waals surface area contributed by atoms with Gasteiger partial charge < -0.3 is 9.15 Å². The number of fused-ring (bicyclic) bond motifs is 4. The third-order valence-corrected chi connectivity index (χ3v) is 5.76. The van der Waals surface area contributed by atoms with Crippen LogP contribution in [0, 0.1) is 0 Å². The lowest BCUT2D eigenvalue weighted by Crippen LogP contribution is -2.28. The zero-order valence-corrected chi connectivity index (χ0v) is 13.1. The summed E-state index contributed by atoms with van der Waals surface area (Å²) in [4.78, 5) is 1.23. The smallest absolute Gasteiger partial charge is 0.134 e. The van der Waals surface area contributed by atoms with Crippen molar-refractivity contribution in [2.45, 2.75) is 16.2 Å². The molecule has 0 N–H and O–H groups in total. The lowest BCUT2D eigenvalue weighted by atomic mass is 10.1. The molecule has 0 spiro atoms. The van der Waals surface area contributed by atoms with Crippen LogP contribution >= 0.6 is 11.8 Å². The lowest BCUT2D eigenvalue weighted by molar-refractivity contribution is 0.249. The molecule has 1 aliphatic carbocycles. The van der Waals surface area contributed by atoms with Gasteiger partial charge in [0.25, 0.3) is 0 Å². The quantitative estimate of drug-likeness (QED) is 0.607. The molecule has 2 nitrogen and oxygen atoms in total. The van der Waals surface area contributed by atoms with Gasteiger partial charge in [0.05, 0.1) is 16.4 Å². The van der Waals surface area contributed by atoms with Gasteiger partial charge in [0, 0.05) is 0 Å². The van der Waals surface area contributed by atoms with E-state index in [4.69, 9.17) is 9.15 Å². The summed E-state index contributed by atoms with van der Waals surface area (Å²) in [5.74, 6) is 1.87. The second-order valence-electron chi connectivity index (χ2n) is 5.75. The summed E-state index contributed by atoms with van der Waals surface area (Å²) in [5.41, 5.74) is 1.24. The standard InChI is InChI=1S/C20H14O2S/c1-2-6-16-13(4-1)7-9-18-20(16)23-19-14(8-10-17(19)22-18)12-15-5-3-11-21-15/h1-12,17,19H/b14-12+/t17-,19+/m1/s1. The highest BCUT2D eigenvalue weighted by Gasteiger charge is 2.35. The molecule has 0 radical (unpaired) electrons. The maximum Gasteiger partial charge on any atom is 0.134 e. The zero-order valence-electron chi connectivity index (χ0n) is 12.3. The normalized spacial score (nSPS) is 23.7. The fourth-order valence-electron chi connectivity index (χ4n) is 3.21. The van der Waals surface area contributed by atoms with Crippen molar-refractivity contribution >= 4 is 28.6 Å². The lowest BCUT2D eigenvalue weighted by Gasteiger charge is -2.29. The second kappa shape index (κ2) is 5.07. The largest absolute Gasteiger partial charge is 0.484 e. The first-order valence-electron chi connectivity index (χ1n) is 7.67. The van der Waals surface area contributed by atoms with Crippen molar-refractivity contribution in [3.63, 3.8) is 0 Å². The SMILES string of the molecule is C1=C[C@H]2Oc3ccc4ccccc4c3S[C@H]2/C1=C/c1ccco1. The van der Waals surface area contributed by atoms with Gasteiger partial charge in [-0.05, 0) is 46.7 Å². The van der Waals surface area contributed by atoms with Crippen LogP contribution in [0.4, 0.5) is 0 Å². The first kappa shape index (κ1) is 13.1. The van der Waals surface area contributed by atoms with E-state index < -0.39 is 0 Å². The maximum atomic E-state index is 6.23. The van der Waals surface area contributed by atoms with Crippen molar-refractivity contribution in [2.75, 3.05) is 0 Å². The second-order valence-corrected chi connectivity index (χ2v) is 6.91. The van der Waals surface area contributed by atoms with E-state index in [1.54, 1.807) is 6.26 Å². The number of ether oxygens (including phenoxy) is 1. The molecule has 2 atom stereocenters. The van der Waals surface area contributed by atoms with Crippen LogP contribution in [0.25, 0.3) is 16.8 Å². The van der Waals surface area contributed by atoms with Gasteiger partial charge in [-0.15, -0.1) is 11.8 Å². The number of rotatable bonds is 1. The molecular weight excluding hydrogens is 304 g/mol. The average molecular weight is 318 g/mol. The van der Waals surface area contributed by atoms with E-state index in [9.17, 15) is 0 Å². The molecule has 1 aromatic heterocycles. The Morgan fingerprint density at radius 3 is 2.87 bits per heavy atom. The molecule has 0 saturated heterocycles. The molecule has 3 heteroatoms. The van der Waals surface area contributed by atoms with Crippen molar-refractivity contribution < 1.29 is 9.15 Å². The molecule has 23 heavy (non-hydrogen) atoms. The molecule has 112 valence electrons. The van der Waals surface area contributed by atoms with Crippen LogP contribution in [0.2, 0.25) is 0 Å². The molecule has 0 fully saturated rings. The summed E-state index contributed by atoms with van der Waals surface area (Å²) in [7, 11) is 0. The zero-order chi connectivity index (χ0) is 15.2. The molecule has 0 unspecified atom stereocenters. The molecular formula is C20H14O2S. The van der Waals surface area contributed by atoms with Gasteiger partial charge in [0.15, 0.2) is 0 Å². The Labute approximate surface area is 138 Å². The van der Waals surface area contributed by atoms with Crippen LogP contribution < -0.4 is 4.74 Å². The molecule has 3 aromatic rings. The molecule has 2 aliphatic rings. The fourth-order valence-corrected chi connectivity index (χ4v) is 4.57. The van der Waals surface area contributed by atoms with E-state index in [-0.39, 0.29) is 11.4 Å². The van der Waals surface area contributed by atoms with Gasteiger partial charge in [-0.1, -0.05) is 36.4 Å². The molecule has 1 aliphatic heterocycles. The molecule has 0 saturated carbocycles. The monoisotopic (exact) mass is 318 g/mol. The summed E-state index contributed by atoms with van der Waals surface area (Å²) >= 11 is 1.89. The molecule has 0 bridgehead atoms. The van der Waals surface area contributed by atoms with Gasteiger partial charge >= 0.3 is 0 Å². The summed E-state index contributed by atoms with van der Waals surface area (Å²) in [6.45, 7) is 0. The van der Waals surface area contributed by atoms with Crippen molar-refractivity contribution in [1.82, 2.24) is 0 Å². The topological polar surface area (TPSA) is 22.4 Å². The Morgan fingerprint density at radius 2 is 1.96 bits per heavy atom. The average Bonchev–Trinajstić information content (AvgIpc) is 3.24. The summed E-state index contributed by atoms with van der Waals surface area (Å²) in [6, 6.07) is 16.6. The minimum absolute atomic E-state index is 0.0925. The number of thioether (sulfide) groups is 1. The Morgan fingerprint density at radius 1 is 1.00 bits per heavy atom. The first-order chi connectivity index (χ1) is 11.4. The summed E-state index contributed by atoms with van der Waals surface area (Å²) in [6.07, 6.45) is 8.20. The number of hydrogen-bond acceptors (Lipinski definition) is 3. The Bertz CT molecular complexity index is 937. The van der Waals surface area contributed by atoms with Crippen LogP contribution in [-0.4, -0.2) is 11.4 Å². The van der Waals surface area contributed by atoms with E-state index in [1.807, 2.05) is 23.9 Å². The van der Waals surface area contributed by atoms with Gasteiger partial charge in [0.1, 0.15) is 17.6 Å². The first-order valence-corrected chi connectivity index (χ1v) is 8.55. The number of benzene rings is 2. The fraction of sp³-hybridized carbons (Fsp3) is 0.100. The van der Waals surface area contributed by atoms with Crippen molar-refractivity contribution in [1.29, 1.82) is 0 Å². The number of furan rings is 1. The van der Waals surface area contributed by atoms with E-state index in [1.165, 1.54) is 21.2 Å². The Hall–Kier alpha value is -2.39. The van der Waals surface area contributed by atoms with Gasteiger partial charge in [-0.25, -0.2) is 0 Å². The summed E-state index contributed by atoms with van der Waals surface area (Å²) < 4.78 is 11.7. The Balaban J connectivity index is 1.59. The third-order valence-electron chi connectivity index (χ3n) is 4.31.